The van der Waals surface area contributed by atoms with Gasteiger partial charge in [0.15, 0.2) is 5.76 Å². The molecular formula is C21H25N5O6S. The second-order valence-corrected chi connectivity index (χ2v) is 9.55. The van der Waals surface area contributed by atoms with Crippen molar-refractivity contribution in [3.63, 3.8) is 0 Å². The minimum atomic E-state index is -3.71. The molecule has 4 rings (SSSR count). The van der Waals surface area contributed by atoms with Gasteiger partial charge in [0, 0.05) is 44.6 Å². The number of carbonyl (C=O) groups excluding carboxylic acids is 1. The zero-order valence-corrected chi connectivity index (χ0v) is 19.5. The summed E-state index contributed by atoms with van der Waals surface area (Å²) in [5.41, 5.74) is 1.12. The maximum atomic E-state index is 12.9. The van der Waals surface area contributed by atoms with E-state index in [1.165, 1.54) is 4.31 Å². The monoisotopic (exact) mass is 475 g/mol. The van der Waals surface area contributed by atoms with Crippen LogP contribution in [-0.2, 0) is 21.2 Å². The first-order valence-corrected chi connectivity index (χ1v) is 11.9. The van der Waals surface area contributed by atoms with Crippen molar-refractivity contribution in [2.24, 2.45) is 0 Å². The fourth-order valence-corrected chi connectivity index (χ4v) is 5.45. The number of nitrogens with zero attached hydrogens (tertiary/aromatic N) is 5. The van der Waals surface area contributed by atoms with E-state index in [4.69, 9.17) is 13.8 Å². The summed E-state index contributed by atoms with van der Waals surface area (Å²) in [6.07, 6.45) is 0.500. The first kappa shape index (κ1) is 22.9. The summed E-state index contributed by atoms with van der Waals surface area (Å²) in [7, 11) is -2.12. The lowest BCUT2D eigenvalue weighted by atomic mass is 10.2. The summed E-state index contributed by atoms with van der Waals surface area (Å²) in [6.45, 7) is 4.20. The van der Waals surface area contributed by atoms with Gasteiger partial charge in [-0.05, 0) is 38.1 Å². The Bertz CT molecular complexity index is 1210. The van der Waals surface area contributed by atoms with E-state index in [2.05, 4.69) is 15.3 Å². The third-order valence-corrected chi connectivity index (χ3v) is 7.67. The van der Waals surface area contributed by atoms with Crippen molar-refractivity contribution in [3.05, 3.63) is 41.6 Å². The van der Waals surface area contributed by atoms with Crippen molar-refractivity contribution in [2.45, 2.75) is 31.6 Å². The van der Waals surface area contributed by atoms with Crippen molar-refractivity contribution < 1.29 is 27.0 Å². The van der Waals surface area contributed by atoms with Gasteiger partial charge in [0.05, 0.1) is 7.11 Å². The molecule has 12 heteroatoms. The molecule has 1 aliphatic rings. The van der Waals surface area contributed by atoms with Gasteiger partial charge in [-0.1, -0.05) is 10.3 Å². The van der Waals surface area contributed by atoms with E-state index in [0.717, 1.165) is 11.3 Å². The fraction of sp³-hybridized carbons (Fsp3) is 0.429. The molecule has 0 N–H and O–H groups in total. The smallest absolute Gasteiger partial charge is 0.248 e. The van der Waals surface area contributed by atoms with Crippen LogP contribution in [0.25, 0.3) is 11.4 Å². The number of hydrogen-bond donors (Lipinski definition) is 0. The lowest BCUT2D eigenvalue weighted by Crippen LogP contribution is -2.50. The van der Waals surface area contributed by atoms with E-state index in [1.807, 2.05) is 12.1 Å². The molecule has 2 aromatic heterocycles. The molecule has 11 nitrogen and oxygen atoms in total. The fourth-order valence-electron chi connectivity index (χ4n) is 3.74. The molecule has 0 spiro atoms. The predicted molar refractivity (Wildman–Crippen MR) is 116 cm³/mol. The Hall–Kier alpha value is -3.25. The zero-order chi connectivity index (χ0) is 23.6. The number of aromatic nitrogens is 3. The van der Waals surface area contributed by atoms with Crippen LogP contribution < -0.4 is 4.74 Å². The molecule has 3 aromatic rings. The van der Waals surface area contributed by atoms with Crippen LogP contribution in [0.3, 0.4) is 0 Å². The third-order valence-electron chi connectivity index (χ3n) is 5.53. The van der Waals surface area contributed by atoms with Crippen molar-refractivity contribution in [3.8, 4) is 17.1 Å². The molecule has 1 aliphatic heterocycles. The van der Waals surface area contributed by atoms with E-state index < -0.39 is 10.0 Å². The van der Waals surface area contributed by atoms with Gasteiger partial charge in [-0.25, -0.2) is 8.42 Å². The Balaban J connectivity index is 1.30. The highest BCUT2D eigenvalue weighted by Gasteiger charge is 2.34. The quantitative estimate of drug-likeness (QED) is 0.502. The van der Waals surface area contributed by atoms with Gasteiger partial charge in [-0.2, -0.15) is 9.29 Å². The molecule has 1 amide bonds. The molecular weight excluding hydrogens is 450 g/mol. The maximum Gasteiger partial charge on any atom is 0.248 e. The largest absolute Gasteiger partial charge is 0.497 e. The SMILES string of the molecule is COc1ccc(-c2noc(CCC(=O)N3CCN(S(=O)(=O)c4c(C)noc4C)CC3)n2)cc1. The maximum absolute atomic E-state index is 12.9. The Labute approximate surface area is 191 Å². The number of aryl methyl sites for hydroxylation is 3. The summed E-state index contributed by atoms with van der Waals surface area (Å²) in [5, 5.41) is 7.70. The number of piperazine rings is 1. The molecule has 0 atom stereocenters. The first-order valence-electron chi connectivity index (χ1n) is 10.5. The lowest BCUT2D eigenvalue weighted by Gasteiger charge is -2.33. The summed E-state index contributed by atoms with van der Waals surface area (Å²) in [4.78, 5) is 18.7. The van der Waals surface area contributed by atoms with E-state index in [1.54, 1.807) is 38.0 Å². The molecule has 33 heavy (non-hydrogen) atoms. The average Bonchev–Trinajstić information content (AvgIpc) is 3.44. The van der Waals surface area contributed by atoms with Crippen LogP contribution in [-0.4, -0.2) is 72.1 Å². The Morgan fingerprint density at radius 3 is 2.36 bits per heavy atom. The summed E-state index contributed by atoms with van der Waals surface area (Å²) < 4.78 is 42.6. The Morgan fingerprint density at radius 2 is 1.76 bits per heavy atom. The first-order chi connectivity index (χ1) is 15.8. The minimum Gasteiger partial charge on any atom is -0.497 e. The standard InChI is InChI=1S/C21H25N5O6S/c1-14-20(15(2)31-23-14)33(28,29)26-12-10-25(11-13-26)19(27)9-8-18-22-21(24-32-18)16-4-6-17(30-3)7-5-16/h4-7H,8-13H2,1-3H3. The molecule has 0 unspecified atom stereocenters. The molecule has 0 saturated carbocycles. The van der Waals surface area contributed by atoms with Gasteiger partial charge in [0.1, 0.15) is 16.3 Å². The van der Waals surface area contributed by atoms with Crippen LogP contribution in [0.2, 0.25) is 0 Å². The predicted octanol–water partition coefficient (Wildman–Crippen LogP) is 1.82. The van der Waals surface area contributed by atoms with Gasteiger partial charge in [0.2, 0.25) is 27.6 Å². The third kappa shape index (κ3) is 4.76. The zero-order valence-electron chi connectivity index (χ0n) is 18.6. The van der Waals surface area contributed by atoms with Crippen molar-refractivity contribution in [1.82, 2.24) is 24.5 Å². The second kappa shape index (κ2) is 9.32. The van der Waals surface area contributed by atoms with Crippen LogP contribution >= 0.6 is 0 Å². The lowest BCUT2D eigenvalue weighted by molar-refractivity contribution is -0.132. The van der Waals surface area contributed by atoms with Crippen molar-refractivity contribution in [2.75, 3.05) is 33.3 Å². The number of sulfonamides is 1. The average molecular weight is 476 g/mol. The van der Waals surface area contributed by atoms with E-state index in [9.17, 15) is 13.2 Å². The van der Waals surface area contributed by atoms with Crippen LogP contribution in [0.1, 0.15) is 23.8 Å². The van der Waals surface area contributed by atoms with Gasteiger partial charge >= 0.3 is 0 Å². The minimum absolute atomic E-state index is 0.0893. The number of amides is 1. The van der Waals surface area contributed by atoms with Gasteiger partial charge in [-0.15, -0.1) is 0 Å². The van der Waals surface area contributed by atoms with E-state index in [0.29, 0.717) is 36.9 Å². The van der Waals surface area contributed by atoms with Crippen LogP contribution in [0.15, 0.2) is 38.2 Å². The highest BCUT2D eigenvalue weighted by atomic mass is 32.2. The summed E-state index contributed by atoms with van der Waals surface area (Å²) >= 11 is 0. The van der Waals surface area contributed by atoms with Crippen LogP contribution in [0.4, 0.5) is 0 Å². The number of rotatable bonds is 7. The molecule has 1 fully saturated rings. The Morgan fingerprint density at radius 1 is 1.06 bits per heavy atom. The Kier molecular flexibility index (Phi) is 6.47. The molecule has 3 heterocycles. The van der Waals surface area contributed by atoms with Gasteiger partial charge < -0.3 is 18.7 Å². The van der Waals surface area contributed by atoms with E-state index in [-0.39, 0.29) is 36.1 Å². The number of ether oxygens (including phenoxy) is 1. The van der Waals surface area contributed by atoms with Crippen LogP contribution in [0.5, 0.6) is 5.75 Å². The molecule has 1 saturated heterocycles. The number of benzene rings is 1. The molecule has 0 aliphatic carbocycles. The van der Waals surface area contributed by atoms with Gasteiger partial charge in [-0.3, -0.25) is 4.79 Å². The van der Waals surface area contributed by atoms with Crippen LogP contribution in [0, 0.1) is 13.8 Å². The highest BCUT2D eigenvalue weighted by Crippen LogP contribution is 2.24. The van der Waals surface area contributed by atoms with Gasteiger partial charge in [0.25, 0.3) is 0 Å². The normalized spacial score (nSPS) is 15.1. The molecule has 1 aromatic carbocycles. The topological polar surface area (TPSA) is 132 Å². The number of methoxy groups -OCH3 is 1. The summed E-state index contributed by atoms with van der Waals surface area (Å²) in [5.74, 6) is 1.72. The molecule has 0 bridgehead atoms. The number of carbonyl (C=O) groups is 1. The number of hydrogen-bond acceptors (Lipinski definition) is 9. The second-order valence-electron chi connectivity index (χ2n) is 7.68. The van der Waals surface area contributed by atoms with Crippen molar-refractivity contribution >= 4 is 15.9 Å². The molecule has 0 radical (unpaired) electrons. The highest BCUT2D eigenvalue weighted by molar-refractivity contribution is 7.89. The van der Waals surface area contributed by atoms with Crippen molar-refractivity contribution in [1.29, 1.82) is 0 Å². The molecule has 176 valence electrons. The summed E-state index contributed by atoms with van der Waals surface area (Å²) in [6, 6.07) is 7.27. The van der Waals surface area contributed by atoms with E-state index >= 15 is 0 Å².